The molecule has 1 heterocycles. The molecular formula is C25H18Cl2O4. The third kappa shape index (κ3) is 4.76. The summed E-state index contributed by atoms with van der Waals surface area (Å²) in [5, 5.41) is 1.10. The lowest BCUT2D eigenvalue weighted by atomic mass is 10.1. The van der Waals surface area contributed by atoms with E-state index in [1.807, 2.05) is 36.4 Å². The summed E-state index contributed by atoms with van der Waals surface area (Å²) in [7, 11) is 1.62. The van der Waals surface area contributed by atoms with Gasteiger partial charge in [0.1, 0.15) is 23.9 Å². The predicted molar refractivity (Wildman–Crippen MR) is 122 cm³/mol. The van der Waals surface area contributed by atoms with Crippen LogP contribution in [0.1, 0.15) is 21.5 Å². The van der Waals surface area contributed by atoms with Crippen LogP contribution in [0, 0.1) is 0 Å². The van der Waals surface area contributed by atoms with Crippen LogP contribution in [0.25, 0.3) is 6.08 Å². The van der Waals surface area contributed by atoms with Crippen LogP contribution in [0.15, 0.2) is 78.6 Å². The molecule has 3 aromatic rings. The average Bonchev–Trinajstić information content (AvgIpc) is 3.08. The van der Waals surface area contributed by atoms with E-state index in [4.69, 9.17) is 37.4 Å². The van der Waals surface area contributed by atoms with Gasteiger partial charge in [0.15, 0.2) is 5.76 Å². The summed E-state index contributed by atoms with van der Waals surface area (Å²) in [6.45, 7) is 0.271. The highest BCUT2D eigenvalue weighted by Gasteiger charge is 2.27. The zero-order chi connectivity index (χ0) is 21.8. The molecule has 31 heavy (non-hydrogen) atoms. The molecule has 1 aliphatic heterocycles. The number of hydrogen-bond acceptors (Lipinski definition) is 4. The first kappa shape index (κ1) is 21.0. The number of hydrogen-bond donors (Lipinski definition) is 0. The van der Waals surface area contributed by atoms with Gasteiger partial charge in [-0.25, -0.2) is 0 Å². The zero-order valence-corrected chi connectivity index (χ0v) is 18.1. The second kappa shape index (κ2) is 9.29. The second-order valence-electron chi connectivity index (χ2n) is 6.75. The molecule has 3 aromatic carbocycles. The van der Waals surface area contributed by atoms with E-state index in [0.29, 0.717) is 27.1 Å². The number of rotatable bonds is 6. The number of allylic oxidation sites excluding steroid dienone is 3. The van der Waals surface area contributed by atoms with Crippen LogP contribution < -0.4 is 14.2 Å². The minimum absolute atomic E-state index is 0.174. The molecule has 0 saturated carbocycles. The summed E-state index contributed by atoms with van der Waals surface area (Å²) in [6, 6.07) is 18.0. The Balaban J connectivity index is 1.46. The normalized spacial score (nSPS) is 14.0. The van der Waals surface area contributed by atoms with Gasteiger partial charge in [0.25, 0.3) is 0 Å². The van der Waals surface area contributed by atoms with Crippen LogP contribution in [0.4, 0.5) is 0 Å². The number of benzene rings is 3. The SMILES string of the molecule is COc1ccccc1/C=C/C=C1\Oc2cc(OCc3ccc(Cl)cc3Cl)ccc2C1=O. The fourth-order valence-electron chi connectivity index (χ4n) is 3.11. The summed E-state index contributed by atoms with van der Waals surface area (Å²) in [6.07, 6.45) is 5.26. The molecule has 0 spiro atoms. The molecule has 6 heteroatoms. The van der Waals surface area contributed by atoms with Crippen LogP contribution in [-0.4, -0.2) is 12.9 Å². The minimum atomic E-state index is -0.174. The van der Waals surface area contributed by atoms with Gasteiger partial charge in [0.2, 0.25) is 5.78 Å². The number of ether oxygens (including phenoxy) is 3. The number of methoxy groups -OCH3 is 1. The molecule has 0 unspecified atom stereocenters. The molecule has 0 radical (unpaired) electrons. The van der Waals surface area contributed by atoms with Crippen molar-refractivity contribution in [3.63, 3.8) is 0 Å². The Morgan fingerprint density at radius 3 is 2.68 bits per heavy atom. The third-order valence-corrected chi connectivity index (χ3v) is 5.30. The van der Waals surface area contributed by atoms with Gasteiger partial charge in [-0.1, -0.05) is 59.6 Å². The number of ketones is 1. The van der Waals surface area contributed by atoms with Crippen LogP contribution in [-0.2, 0) is 6.61 Å². The fraction of sp³-hybridized carbons (Fsp3) is 0.0800. The van der Waals surface area contributed by atoms with Crippen molar-refractivity contribution >= 4 is 35.1 Å². The predicted octanol–water partition coefficient (Wildman–Crippen LogP) is 6.75. The van der Waals surface area contributed by atoms with Crippen molar-refractivity contribution < 1.29 is 19.0 Å². The van der Waals surface area contributed by atoms with E-state index in [0.717, 1.165) is 16.9 Å². The van der Waals surface area contributed by atoms with Gasteiger partial charge in [0.05, 0.1) is 12.7 Å². The Hall–Kier alpha value is -3.21. The molecule has 0 saturated heterocycles. The third-order valence-electron chi connectivity index (χ3n) is 4.71. The Bertz CT molecular complexity index is 1200. The van der Waals surface area contributed by atoms with Crippen molar-refractivity contribution in [2.75, 3.05) is 7.11 Å². The van der Waals surface area contributed by atoms with Gasteiger partial charge in [0, 0.05) is 27.2 Å². The molecule has 156 valence electrons. The summed E-state index contributed by atoms with van der Waals surface area (Å²) in [4.78, 5) is 12.6. The lowest BCUT2D eigenvalue weighted by Crippen LogP contribution is -1.97. The number of carbonyl (C=O) groups excluding carboxylic acids is 1. The largest absolute Gasteiger partial charge is 0.496 e. The number of carbonyl (C=O) groups is 1. The zero-order valence-electron chi connectivity index (χ0n) is 16.6. The van der Waals surface area contributed by atoms with E-state index >= 15 is 0 Å². The number of para-hydroxylation sites is 1. The van der Waals surface area contributed by atoms with Crippen molar-refractivity contribution in [2.24, 2.45) is 0 Å². The monoisotopic (exact) mass is 452 g/mol. The maximum absolute atomic E-state index is 12.6. The Morgan fingerprint density at radius 2 is 1.87 bits per heavy atom. The van der Waals surface area contributed by atoms with E-state index < -0.39 is 0 Å². The van der Waals surface area contributed by atoms with Crippen molar-refractivity contribution in [3.05, 3.63) is 105 Å². The summed E-state index contributed by atoms with van der Waals surface area (Å²) >= 11 is 12.1. The minimum Gasteiger partial charge on any atom is -0.496 e. The second-order valence-corrected chi connectivity index (χ2v) is 7.59. The number of fused-ring (bicyclic) bond motifs is 1. The lowest BCUT2D eigenvalue weighted by Gasteiger charge is -2.09. The number of halogens is 2. The van der Waals surface area contributed by atoms with E-state index in [9.17, 15) is 4.79 Å². The van der Waals surface area contributed by atoms with Crippen molar-refractivity contribution in [1.82, 2.24) is 0 Å². The highest BCUT2D eigenvalue weighted by atomic mass is 35.5. The van der Waals surface area contributed by atoms with E-state index in [-0.39, 0.29) is 18.1 Å². The van der Waals surface area contributed by atoms with Gasteiger partial charge in [-0.05, 0) is 36.4 Å². The van der Waals surface area contributed by atoms with E-state index in [2.05, 4.69) is 0 Å². The van der Waals surface area contributed by atoms with Crippen molar-refractivity contribution in [2.45, 2.75) is 6.61 Å². The lowest BCUT2D eigenvalue weighted by molar-refractivity contribution is 0.101. The van der Waals surface area contributed by atoms with Crippen LogP contribution in [0.3, 0.4) is 0 Å². The summed E-state index contributed by atoms with van der Waals surface area (Å²) < 4.78 is 16.9. The summed E-state index contributed by atoms with van der Waals surface area (Å²) in [5.41, 5.74) is 2.21. The summed E-state index contributed by atoms with van der Waals surface area (Å²) in [5.74, 6) is 1.86. The molecule has 4 rings (SSSR count). The first-order valence-corrected chi connectivity index (χ1v) is 10.3. The highest BCUT2D eigenvalue weighted by Crippen LogP contribution is 2.34. The van der Waals surface area contributed by atoms with Crippen LogP contribution >= 0.6 is 23.2 Å². The van der Waals surface area contributed by atoms with Gasteiger partial charge >= 0.3 is 0 Å². The van der Waals surface area contributed by atoms with Gasteiger partial charge < -0.3 is 14.2 Å². The van der Waals surface area contributed by atoms with Crippen LogP contribution in [0.5, 0.6) is 17.2 Å². The highest BCUT2D eigenvalue weighted by molar-refractivity contribution is 6.35. The van der Waals surface area contributed by atoms with Crippen molar-refractivity contribution in [1.29, 1.82) is 0 Å². The van der Waals surface area contributed by atoms with Crippen molar-refractivity contribution in [3.8, 4) is 17.2 Å². The standard InChI is InChI=1S/C25H18Cl2O4/c1-29-22-7-3-2-5-16(22)6-4-8-23-25(28)20-12-11-19(14-24(20)31-23)30-15-17-9-10-18(26)13-21(17)27/h2-14H,15H2,1H3/b6-4+,23-8-. The molecular weight excluding hydrogens is 435 g/mol. The molecule has 0 aliphatic carbocycles. The van der Waals surface area contributed by atoms with Crippen LogP contribution in [0.2, 0.25) is 10.0 Å². The maximum atomic E-state index is 12.6. The van der Waals surface area contributed by atoms with Gasteiger partial charge in [-0.15, -0.1) is 0 Å². The maximum Gasteiger partial charge on any atom is 0.231 e. The quantitative estimate of drug-likeness (QED) is 0.387. The first-order chi connectivity index (χ1) is 15.0. The van der Waals surface area contributed by atoms with Gasteiger partial charge in [-0.2, -0.15) is 0 Å². The molecule has 4 nitrogen and oxygen atoms in total. The molecule has 1 aliphatic rings. The first-order valence-electron chi connectivity index (χ1n) is 9.50. The Kier molecular flexibility index (Phi) is 6.31. The average molecular weight is 453 g/mol. The molecule has 0 bridgehead atoms. The Labute approximate surface area is 190 Å². The van der Waals surface area contributed by atoms with Gasteiger partial charge in [-0.3, -0.25) is 4.79 Å². The van der Waals surface area contributed by atoms with E-state index in [1.54, 1.807) is 49.6 Å². The topological polar surface area (TPSA) is 44.8 Å². The molecule has 0 fully saturated rings. The fourth-order valence-corrected chi connectivity index (χ4v) is 3.58. The smallest absolute Gasteiger partial charge is 0.231 e. The van der Waals surface area contributed by atoms with E-state index in [1.165, 1.54) is 0 Å². The molecule has 0 N–H and O–H groups in total. The number of Topliss-reactive ketones (excluding diaryl/α,β-unsaturated/α-hetero) is 1. The molecule has 0 atom stereocenters. The molecule has 0 amide bonds. The Morgan fingerprint density at radius 1 is 1.03 bits per heavy atom. The molecule has 0 aromatic heterocycles.